The van der Waals surface area contributed by atoms with Gasteiger partial charge in [0.05, 0.1) is 6.21 Å². The highest BCUT2D eigenvalue weighted by molar-refractivity contribution is 6.31. The molecule has 176 valence electrons. The molecule has 7 heteroatoms. The van der Waals surface area contributed by atoms with Gasteiger partial charge in [0.15, 0.2) is 11.5 Å². The van der Waals surface area contributed by atoms with E-state index in [1.165, 1.54) is 6.21 Å². The molecular weight excluding hydrogens is 452 g/mol. The summed E-state index contributed by atoms with van der Waals surface area (Å²) in [4.78, 5) is 12.6. The van der Waals surface area contributed by atoms with Crippen LogP contribution in [0.3, 0.4) is 0 Å². The highest BCUT2D eigenvalue weighted by Crippen LogP contribution is 2.36. The minimum atomic E-state index is -0.833. The molecule has 0 saturated carbocycles. The van der Waals surface area contributed by atoms with Gasteiger partial charge in [-0.05, 0) is 58.9 Å². The van der Waals surface area contributed by atoms with Crippen LogP contribution in [0.15, 0.2) is 65.8 Å². The third-order valence-electron chi connectivity index (χ3n) is 5.58. The first kappa shape index (κ1) is 23.6. The Balaban J connectivity index is 1.41. The summed E-state index contributed by atoms with van der Waals surface area (Å²) in [6, 6.07) is 18.6. The molecule has 0 aliphatic carbocycles. The van der Waals surface area contributed by atoms with Gasteiger partial charge < -0.3 is 14.6 Å². The van der Waals surface area contributed by atoms with Crippen LogP contribution in [-0.4, -0.2) is 29.9 Å². The number of hydrazone groups is 1. The second-order valence-electron chi connectivity index (χ2n) is 9.22. The third-order valence-corrected chi connectivity index (χ3v) is 5.95. The van der Waals surface area contributed by atoms with Crippen molar-refractivity contribution in [2.24, 2.45) is 5.10 Å². The summed E-state index contributed by atoms with van der Waals surface area (Å²) in [6.07, 6.45) is 1.18. The molecule has 1 amide bonds. The smallest absolute Gasteiger partial charge is 0.284 e. The van der Waals surface area contributed by atoms with Crippen LogP contribution in [0.5, 0.6) is 17.2 Å². The average molecular weight is 479 g/mol. The van der Waals surface area contributed by atoms with E-state index in [4.69, 9.17) is 21.1 Å². The molecule has 0 fully saturated rings. The molecule has 3 aromatic rings. The number of amides is 1. The lowest BCUT2D eigenvalue weighted by Gasteiger charge is -2.27. The molecule has 34 heavy (non-hydrogen) atoms. The molecule has 0 aromatic heterocycles. The molecule has 2 N–H and O–H groups in total. The van der Waals surface area contributed by atoms with Gasteiger partial charge in [-0.2, -0.15) is 5.10 Å². The first-order valence-electron chi connectivity index (χ1n) is 11.0. The maximum absolute atomic E-state index is 12.6. The van der Waals surface area contributed by atoms with E-state index in [2.05, 4.69) is 31.3 Å². The predicted octanol–water partition coefficient (Wildman–Crippen LogP) is 5.22. The van der Waals surface area contributed by atoms with Gasteiger partial charge in [-0.25, -0.2) is 5.43 Å². The Morgan fingerprint density at radius 3 is 2.71 bits per heavy atom. The van der Waals surface area contributed by atoms with Gasteiger partial charge in [0.1, 0.15) is 12.4 Å². The molecule has 0 unspecified atom stereocenters. The molecule has 0 spiro atoms. The van der Waals surface area contributed by atoms with Crippen molar-refractivity contribution in [3.05, 3.63) is 87.9 Å². The molecule has 6 nitrogen and oxygen atoms in total. The number of halogens is 1. The van der Waals surface area contributed by atoms with E-state index in [9.17, 15) is 9.90 Å². The van der Waals surface area contributed by atoms with Crippen molar-refractivity contribution in [1.82, 2.24) is 5.43 Å². The Hall–Kier alpha value is -3.51. The van der Waals surface area contributed by atoms with Crippen LogP contribution < -0.4 is 14.9 Å². The fourth-order valence-electron chi connectivity index (χ4n) is 3.58. The SMILES string of the molecule is CC(C)(C)c1ccc2c(c1)O[C@@H](C(=O)N/N=C/c1cc(Cc3ccccc3Cl)ccc1O)CO2. The Bertz CT molecular complexity index is 1230. The predicted molar refractivity (Wildman–Crippen MR) is 133 cm³/mol. The zero-order chi connectivity index (χ0) is 24.3. The van der Waals surface area contributed by atoms with Crippen molar-refractivity contribution in [3.8, 4) is 17.2 Å². The fourth-order valence-corrected chi connectivity index (χ4v) is 3.79. The summed E-state index contributed by atoms with van der Waals surface area (Å²) in [5.41, 5.74) is 5.92. The van der Waals surface area contributed by atoms with Gasteiger partial charge in [-0.1, -0.05) is 62.7 Å². The molecule has 0 radical (unpaired) electrons. The lowest BCUT2D eigenvalue weighted by Crippen LogP contribution is -2.42. The Morgan fingerprint density at radius 2 is 1.94 bits per heavy atom. The van der Waals surface area contributed by atoms with E-state index >= 15 is 0 Å². The summed E-state index contributed by atoms with van der Waals surface area (Å²) in [7, 11) is 0. The van der Waals surface area contributed by atoms with Gasteiger partial charge in [0.25, 0.3) is 5.91 Å². The van der Waals surface area contributed by atoms with E-state index in [-0.39, 0.29) is 17.8 Å². The number of ether oxygens (including phenoxy) is 2. The second-order valence-corrected chi connectivity index (χ2v) is 9.63. The summed E-state index contributed by atoms with van der Waals surface area (Å²) < 4.78 is 11.6. The van der Waals surface area contributed by atoms with Crippen molar-refractivity contribution >= 4 is 23.7 Å². The number of carbonyl (C=O) groups is 1. The summed E-state index contributed by atoms with van der Waals surface area (Å²) in [5.74, 6) is 0.769. The van der Waals surface area contributed by atoms with E-state index in [1.807, 2.05) is 48.5 Å². The molecule has 1 atom stereocenters. The maximum atomic E-state index is 12.6. The minimum Gasteiger partial charge on any atom is -0.507 e. The zero-order valence-electron chi connectivity index (χ0n) is 19.3. The van der Waals surface area contributed by atoms with Gasteiger partial charge in [-0.15, -0.1) is 0 Å². The first-order valence-corrected chi connectivity index (χ1v) is 11.4. The molecule has 3 aromatic carbocycles. The van der Waals surface area contributed by atoms with Crippen LogP contribution in [0.2, 0.25) is 5.02 Å². The molecule has 1 heterocycles. The van der Waals surface area contributed by atoms with Crippen LogP contribution >= 0.6 is 11.6 Å². The van der Waals surface area contributed by atoms with Crippen molar-refractivity contribution in [2.75, 3.05) is 6.61 Å². The second kappa shape index (κ2) is 9.77. The van der Waals surface area contributed by atoms with E-state index in [0.717, 1.165) is 16.7 Å². The number of aromatic hydroxyl groups is 1. The molecule has 4 rings (SSSR count). The van der Waals surface area contributed by atoms with Gasteiger partial charge in [0, 0.05) is 10.6 Å². The number of rotatable bonds is 5. The first-order chi connectivity index (χ1) is 16.2. The Morgan fingerprint density at radius 1 is 1.15 bits per heavy atom. The Labute approximate surface area is 204 Å². The maximum Gasteiger partial charge on any atom is 0.284 e. The molecule has 0 saturated heterocycles. The number of carbonyl (C=O) groups excluding carboxylic acids is 1. The topological polar surface area (TPSA) is 80.2 Å². The third kappa shape index (κ3) is 5.51. The van der Waals surface area contributed by atoms with Crippen molar-refractivity contribution < 1.29 is 19.4 Å². The number of nitrogens with one attached hydrogen (secondary N) is 1. The summed E-state index contributed by atoms with van der Waals surface area (Å²) >= 11 is 6.25. The number of benzene rings is 3. The van der Waals surface area contributed by atoms with Crippen molar-refractivity contribution in [2.45, 2.75) is 38.7 Å². The number of hydrogen-bond acceptors (Lipinski definition) is 5. The lowest BCUT2D eigenvalue weighted by atomic mass is 9.87. The molecule has 0 bridgehead atoms. The summed E-state index contributed by atoms with van der Waals surface area (Å²) in [5, 5.41) is 14.9. The van der Waals surface area contributed by atoms with Crippen LogP contribution in [0, 0.1) is 0 Å². The number of hydrogen-bond donors (Lipinski definition) is 2. The van der Waals surface area contributed by atoms with Crippen LogP contribution in [0.4, 0.5) is 0 Å². The molecule has 1 aliphatic rings. The van der Waals surface area contributed by atoms with Crippen molar-refractivity contribution in [3.63, 3.8) is 0 Å². The average Bonchev–Trinajstić information content (AvgIpc) is 2.81. The minimum absolute atomic E-state index is 0.0553. The number of nitrogens with zero attached hydrogens (tertiary/aromatic N) is 1. The van der Waals surface area contributed by atoms with Crippen LogP contribution in [0.25, 0.3) is 0 Å². The number of phenols is 1. The lowest BCUT2D eigenvalue weighted by molar-refractivity contribution is -0.130. The Kier molecular flexibility index (Phi) is 6.80. The zero-order valence-corrected chi connectivity index (χ0v) is 20.1. The van der Waals surface area contributed by atoms with Crippen LogP contribution in [0.1, 0.15) is 43.0 Å². The van der Waals surface area contributed by atoms with Gasteiger partial charge in [0.2, 0.25) is 6.10 Å². The number of fused-ring (bicyclic) bond motifs is 1. The van der Waals surface area contributed by atoms with Crippen molar-refractivity contribution in [1.29, 1.82) is 0 Å². The molecule has 1 aliphatic heterocycles. The quantitative estimate of drug-likeness (QED) is 0.389. The number of phenolic OH excluding ortho intramolecular Hbond substituents is 1. The fraction of sp³-hybridized carbons (Fsp3) is 0.259. The normalized spacial score (nSPS) is 15.4. The van der Waals surface area contributed by atoms with E-state index in [0.29, 0.717) is 28.5 Å². The van der Waals surface area contributed by atoms with Gasteiger partial charge >= 0.3 is 0 Å². The standard InChI is InChI=1S/C27H27ClN2O4/c1-27(2,3)20-9-11-23-24(14-20)34-25(16-33-23)26(32)30-29-15-19-13-17(8-10-22(19)31)12-18-6-4-5-7-21(18)28/h4-11,13-15,25,31H,12,16H2,1-3H3,(H,30,32)/b29-15+/t25-/m1/s1. The highest BCUT2D eigenvalue weighted by atomic mass is 35.5. The monoisotopic (exact) mass is 478 g/mol. The molecular formula is C27H27ClN2O4. The largest absolute Gasteiger partial charge is 0.507 e. The van der Waals surface area contributed by atoms with E-state index < -0.39 is 12.0 Å². The van der Waals surface area contributed by atoms with E-state index in [1.54, 1.807) is 12.1 Å². The summed E-state index contributed by atoms with van der Waals surface area (Å²) in [6.45, 7) is 6.41. The van der Waals surface area contributed by atoms with Gasteiger partial charge in [-0.3, -0.25) is 4.79 Å². The van der Waals surface area contributed by atoms with Crippen LogP contribution in [-0.2, 0) is 16.6 Å². The highest BCUT2D eigenvalue weighted by Gasteiger charge is 2.28.